The maximum Gasteiger partial charge on any atom is 0.230 e. The molecule has 1 N–H and O–H groups in total. The number of halogens is 1. The van der Waals surface area contributed by atoms with Gasteiger partial charge in [-0.3, -0.25) is 4.79 Å². The molecule has 0 saturated carbocycles. The van der Waals surface area contributed by atoms with Crippen molar-refractivity contribution in [2.24, 2.45) is 0 Å². The van der Waals surface area contributed by atoms with Gasteiger partial charge in [-0.15, -0.1) is 11.3 Å². The van der Waals surface area contributed by atoms with Gasteiger partial charge >= 0.3 is 0 Å². The van der Waals surface area contributed by atoms with Crippen LogP contribution in [-0.2, 0) is 11.2 Å². The number of carbonyl (C=O) groups is 1. The zero-order valence-corrected chi connectivity index (χ0v) is 17.5. The molecule has 0 spiro atoms. The Hall–Kier alpha value is -2.57. The lowest BCUT2D eigenvalue weighted by Crippen LogP contribution is -2.15. The number of nitrogens with zero attached hydrogens (tertiary/aromatic N) is 1. The van der Waals surface area contributed by atoms with Crippen LogP contribution in [0.3, 0.4) is 0 Å². The molecular formula is C21H21ClN2O3S. The van der Waals surface area contributed by atoms with Crippen molar-refractivity contribution in [1.29, 1.82) is 0 Å². The summed E-state index contributed by atoms with van der Waals surface area (Å²) >= 11 is 7.62. The number of thiazole rings is 1. The summed E-state index contributed by atoms with van der Waals surface area (Å²) in [5, 5.41) is 6.23. The summed E-state index contributed by atoms with van der Waals surface area (Å²) in [6.07, 6.45) is 0.179. The molecule has 0 aliphatic heterocycles. The summed E-state index contributed by atoms with van der Waals surface area (Å²) in [6, 6.07) is 11.3. The van der Waals surface area contributed by atoms with E-state index >= 15 is 0 Å². The molecule has 0 bridgehead atoms. The van der Waals surface area contributed by atoms with Crippen LogP contribution in [0.1, 0.15) is 18.2 Å². The fraction of sp³-hybridized carbons (Fsp3) is 0.238. The van der Waals surface area contributed by atoms with Crippen LogP contribution in [-0.4, -0.2) is 24.6 Å². The molecule has 3 aromatic rings. The Morgan fingerprint density at radius 2 is 2.00 bits per heavy atom. The van der Waals surface area contributed by atoms with Crippen LogP contribution in [0.25, 0.3) is 10.6 Å². The van der Waals surface area contributed by atoms with Crippen molar-refractivity contribution in [3.8, 4) is 22.1 Å². The van der Waals surface area contributed by atoms with Gasteiger partial charge in [-0.05, 0) is 49.7 Å². The standard InChI is InChI=1S/C21H21ClN2O3S/c1-4-27-16-7-5-14(6-8-16)21-23-15(12-28-21)10-20(25)24-18-9-13(2)17(22)11-19(18)26-3/h5-9,11-12H,4,10H2,1-3H3,(H,24,25). The van der Waals surface area contributed by atoms with Crippen LogP contribution in [0.15, 0.2) is 41.8 Å². The zero-order valence-electron chi connectivity index (χ0n) is 15.9. The second-order valence-electron chi connectivity index (χ2n) is 6.13. The number of anilines is 1. The van der Waals surface area contributed by atoms with E-state index in [2.05, 4.69) is 10.3 Å². The number of hydrogen-bond acceptors (Lipinski definition) is 5. The largest absolute Gasteiger partial charge is 0.495 e. The maximum absolute atomic E-state index is 12.5. The Balaban J connectivity index is 1.68. The lowest BCUT2D eigenvalue weighted by molar-refractivity contribution is -0.115. The minimum absolute atomic E-state index is 0.163. The number of benzene rings is 2. The molecule has 2 aromatic carbocycles. The summed E-state index contributed by atoms with van der Waals surface area (Å²) in [5.41, 5.74) is 3.17. The molecule has 3 rings (SSSR count). The fourth-order valence-electron chi connectivity index (χ4n) is 2.67. The highest BCUT2D eigenvalue weighted by atomic mass is 35.5. The molecule has 146 valence electrons. The molecule has 0 atom stereocenters. The van der Waals surface area contributed by atoms with E-state index in [1.165, 1.54) is 11.3 Å². The minimum atomic E-state index is -0.163. The Morgan fingerprint density at radius 1 is 1.25 bits per heavy atom. The normalized spacial score (nSPS) is 10.6. The van der Waals surface area contributed by atoms with Crippen LogP contribution in [0, 0.1) is 6.92 Å². The third kappa shape index (κ3) is 4.82. The molecule has 0 aliphatic carbocycles. The van der Waals surface area contributed by atoms with Crippen molar-refractivity contribution in [3.05, 3.63) is 58.1 Å². The van der Waals surface area contributed by atoms with Crippen molar-refractivity contribution < 1.29 is 14.3 Å². The highest BCUT2D eigenvalue weighted by molar-refractivity contribution is 7.13. The molecule has 28 heavy (non-hydrogen) atoms. The van der Waals surface area contributed by atoms with E-state index in [1.54, 1.807) is 19.2 Å². The summed E-state index contributed by atoms with van der Waals surface area (Å²) in [4.78, 5) is 17.0. The molecule has 0 saturated heterocycles. The molecule has 0 aliphatic rings. The Morgan fingerprint density at radius 3 is 2.68 bits per heavy atom. The van der Waals surface area contributed by atoms with E-state index in [0.29, 0.717) is 23.1 Å². The Bertz CT molecular complexity index is 970. The van der Waals surface area contributed by atoms with E-state index in [0.717, 1.165) is 27.6 Å². The summed E-state index contributed by atoms with van der Waals surface area (Å²) in [7, 11) is 1.54. The topological polar surface area (TPSA) is 60.5 Å². The van der Waals surface area contributed by atoms with E-state index in [1.807, 2.05) is 43.5 Å². The zero-order chi connectivity index (χ0) is 20.1. The first-order chi connectivity index (χ1) is 13.5. The summed E-state index contributed by atoms with van der Waals surface area (Å²) < 4.78 is 10.8. The number of rotatable bonds is 7. The van der Waals surface area contributed by atoms with Crippen molar-refractivity contribution in [3.63, 3.8) is 0 Å². The van der Waals surface area contributed by atoms with Crippen LogP contribution < -0.4 is 14.8 Å². The minimum Gasteiger partial charge on any atom is -0.495 e. The number of methoxy groups -OCH3 is 1. The fourth-order valence-corrected chi connectivity index (χ4v) is 3.65. The van der Waals surface area contributed by atoms with E-state index in [9.17, 15) is 4.79 Å². The average Bonchev–Trinajstić information content (AvgIpc) is 3.13. The summed E-state index contributed by atoms with van der Waals surface area (Å²) in [6.45, 7) is 4.46. The first kappa shape index (κ1) is 20.2. The van der Waals surface area contributed by atoms with E-state index in [4.69, 9.17) is 21.1 Å². The van der Waals surface area contributed by atoms with Gasteiger partial charge in [-0.2, -0.15) is 0 Å². The smallest absolute Gasteiger partial charge is 0.230 e. The number of aryl methyl sites for hydroxylation is 1. The van der Waals surface area contributed by atoms with Crippen LogP contribution in [0.4, 0.5) is 5.69 Å². The predicted octanol–water partition coefficient (Wildman–Crippen LogP) is 5.36. The molecule has 5 nitrogen and oxygen atoms in total. The predicted molar refractivity (Wildman–Crippen MR) is 114 cm³/mol. The second-order valence-corrected chi connectivity index (χ2v) is 7.39. The number of ether oxygens (including phenoxy) is 2. The molecular weight excluding hydrogens is 396 g/mol. The van der Waals surface area contributed by atoms with Crippen LogP contribution in [0.2, 0.25) is 5.02 Å². The van der Waals surface area contributed by atoms with E-state index < -0.39 is 0 Å². The molecule has 1 amide bonds. The lowest BCUT2D eigenvalue weighted by Gasteiger charge is -2.12. The highest BCUT2D eigenvalue weighted by Gasteiger charge is 2.13. The van der Waals surface area contributed by atoms with Crippen molar-refractivity contribution in [2.45, 2.75) is 20.3 Å². The summed E-state index contributed by atoms with van der Waals surface area (Å²) in [5.74, 6) is 1.19. The maximum atomic E-state index is 12.5. The molecule has 0 unspecified atom stereocenters. The first-order valence-electron chi connectivity index (χ1n) is 8.81. The second kappa shape index (κ2) is 9.08. The van der Waals surface area contributed by atoms with Crippen molar-refractivity contribution >= 4 is 34.5 Å². The average molecular weight is 417 g/mol. The van der Waals surface area contributed by atoms with Gasteiger partial charge in [0.1, 0.15) is 16.5 Å². The lowest BCUT2D eigenvalue weighted by atomic mass is 10.2. The van der Waals surface area contributed by atoms with E-state index in [-0.39, 0.29) is 12.3 Å². The monoisotopic (exact) mass is 416 g/mol. The molecule has 0 fully saturated rings. The van der Waals surface area contributed by atoms with Gasteiger partial charge in [0, 0.05) is 22.0 Å². The molecule has 1 heterocycles. The Labute approximate surface area is 173 Å². The molecule has 7 heteroatoms. The van der Waals surface area contributed by atoms with Gasteiger partial charge in [0.2, 0.25) is 5.91 Å². The first-order valence-corrected chi connectivity index (χ1v) is 10.1. The van der Waals surface area contributed by atoms with Crippen LogP contribution in [0.5, 0.6) is 11.5 Å². The third-order valence-electron chi connectivity index (χ3n) is 4.06. The van der Waals surface area contributed by atoms with Crippen LogP contribution >= 0.6 is 22.9 Å². The number of hydrogen-bond donors (Lipinski definition) is 1. The van der Waals surface area contributed by atoms with Gasteiger partial charge in [0.15, 0.2) is 0 Å². The number of amides is 1. The number of carbonyl (C=O) groups excluding carboxylic acids is 1. The third-order valence-corrected chi connectivity index (χ3v) is 5.41. The van der Waals surface area contributed by atoms with Gasteiger partial charge in [0.25, 0.3) is 0 Å². The van der Waals surface area contributed by atoms with Gasteiger partial charge < -0.3 is 14.8 Å². The van der Waals surface area contributed by atoms with Gasteiger partial charge in [-0.25, -0.2) is 4.98 Å². The number of nitrogens with one attached hydrogen (secondary N) is 1. The SMILES string of the molecule is CCOc1ccc(-c2nc(CC(=O)Nc3cc(C)c(Cl)cc3OC)cs2)cc1. The van der Waals surface area contributed by atoms with Crippen molar-refractivity contribution in [2.75, 3.05) is 19.0 Å². The Kier molecular flexibility index (Phi) is 6.54. The van der Waals surface area contributed by atoms with Crippen molar-refractivity contribution in [1.82, 2.24) is 4.98 Å². The van der Waals surface area contributed by atoms with Gasteiger partial charge in [-0.1, -0.05) is 11.6 Å². The van der Waals surface area contributed by atoms with Gasteiger partial charge in [0.05, 0.1) is 31.5 Å². The molecule has 0 radical (unpaired) electrons. The quantitative estimate of drug-likeness (QED) is 0.563. The molecule has 1 aromatic heterocycles. The highest BCUT2D eigenvalue weighted by Crippen LogP contribution is 2.31. The number of aromatic nitrogens is 1.